The molecule has 10 heteroatoms. The Morgan fingerprint density at radius 1 is 1.29 bits per heavy atom. The van der Waals surface area contributed by atoms with E-state index < -0.39 is 0 Å². The third kappa shape index (κ3) is 3.24. The van der Waals surface area contributed by atoms with Gasteiger partial charge in [-0.1, -0.05) is 18.2 Å². The maximum atomic E-state index is 13.6. The average molecular weight is 436 g/mol. The van der Waals surface area contributed by atoms with Crippen molar-refractivity contribution < 1.29 is 9.53 Å². The number of rotatable bonds is 5. The van der Waals surface area contributed by atoms with Gasteiger partial charge in [0.25, 0.3) is 11.5 Å². The van der Waals surface area contributed by atoms with Gasteiger partial charge in [-0.2, -0.15) is 10.2 Å². The maximum Gasteiger partial charge on any atom is 0.281 e. The largest absolute Gasteiger partial charge is 0.383 e. The van der Waals surface area contributed by atoms with E-state index in [1.54, 1.807) is 36.3 Å². The Morgan fingerprint density at radius 3 is 2.90 bits per heavy atom. The van der Waals surface area contributed by atoms with Gasteiger partial charge in [0.15, 0.2) is 10.8 Å². The van der Waals surface area contributed by atoms with E-state index in [9.17, 15) is 9.59 Å². The molecule has 1 aromatic carbocycles. The van der Waals surface area contributed by atoms with Crippen molar-refractivity contribution in [2.75, 3.05) is 25.2 Å². The summed E-state index contributed by atoms with van der Waals surface area (Å²) in [4.78, 5) is 33.2. The van der Waals surface area contributed by atoms with Crippen LogP contribution < -0.4 is 10.5 Å². The molecule has 0 spiro atoms. The zero-order valence-electron chi connectivity index (χ0n) is 17.1. The van der Waals surface area contributed by atoms with Gasteiger partial charge in [0.1, 0.15) is 0 Å². The number of benzene rings is 1. The number of methoxy groups -OCH3 is 1. The van der Waals surface area contributed by atoms with E-state index in [1.165, 1.54) is 11.3 Å². The van der Waals surface area contributed by atoms with Crippen molar-refractivity contribution in [3.05, 3.63) is 57.1 Å². The first-order valence-electron chi connectivity index (χ1n) is 9.87. The topological polar surface area (TPSA) is 106 Å². The number of carbonyl (C=O) groups is 1. The number of amides is 1. The number of hydrogen-bond acceptors (Lipinski definition) is 7. The van der Waals surface area contributed by atoms with Crippen molar-refractivity contribution in [2.45, 2.75) is 12.8 Å². The standard InChI is InChI=1S/C21H20N6O3S/c1-26-15-7-8-16-17(14(15)11-22-26)23-21(31-16)27(9-10-30-2)20(29)18-12-5-3-4-6-13(12)19(28)25-24-18/h3-6,11H,7-10H2,1-2H3,(H,25,28). The Bertz CT molecular complexity index is 1350. The second kappa shape index (κ2) is 7.71. The number of aromatic amines is 1. The van der Waals surface area contributed by atoms with Crippen LogP contribution >= 0.6 is 11.3 Å². The molecule has 0 atom stereocenters. The monoisotopic (exact) mass is 436 g/mol. The molecule has 0 aliphatic heterocycles. The smallest absolute Gasteiger partial charge is 0.281 e. The summed E-state index contributed by atoms with van der Waals surface area (Å²) in [6.45, 7) is 0.659. The minimum Gasteiger partial charge on any atom is -0.383 e. The summed E-state index contributed by atoms with van der Waals surface area (Å²) < 4.78 is 7.12. The number of hydrogen-bond donors (Lipinski definition) is 1. The Kier molecular flexibility index (Phi) is 4.87. The van der Waals surface area contributed by atoms with Gasteiger partial charge in [0, 0.05) is 35.7 Å². The fraction of sp³-hybridized carbons (Fsp3) is 0.286. The molecule has 0 saturated heterocycles. The molecular formula is C21H20N6O3S. The number of nitrogens with one attached hydrogen (secondary N) is 1. The number of aryl methyl sites for hydroxylation is 2. The van der Waals surface area contributed by atoms with Crippen LogP contribution in [0.2, 0.25) is 0 Å². The van der Waals surface area contributed by atoms with Crippen molar-refractivity contribution in [1.29, 1.82) is 0 Å². The molecule has 0 saturated carbocycles. The lowest BCUT2D eigenvalue weighted by Crippen LogP contribution is -2.35. The van der Waals surface area contributed by atoms with Crippen LogP contribution in [-0.2, 0) is 24.6 Å². The molecule has 3 aromatic heterocycles. The molecular weight excluding hydrogens is 416 g/mol. The van der Waals surface area contributed by atoms with Gasteiger partial charge in [-0.15, -0.1) is 11.3 Å². The minimum absolute atomic E-state index is 0.182. The van der Waals surface area contributed by atoms with Crippen LogP contribution in [0.1, 0.15) is 21.1 Å². The summed E-state index contributed by atoms with van der Waals surface area (Å²) in [5.74, 6) is -0.331. The third-order valence-electron chi connectivity index (χ3n) is 5.49. The van der Waals surface area contributed by atoms with Gasteiger partial charge >= 0.3 is 0 Å². The van der Waals surface area contributed by atoms with Gasteiger partial charge < -0.3 is 4.74 Å². The predicted octanol–water partition coefficient (Wildman–Crippen LogP) is 2.17. The lowest BCUT2D eigenvalue weighted by molar-refractivity contribution is 0.0972. The number of nitrogens with zero attached hydrogens (tertiary/aromatic N) is 5. The van der Waals surface area contributed by atoms with Crippen LogP contribution in [0.4, 0.5) is 5.13 Å². The normalized spacial score (nSPS) is 12.6. The Morgan fingerprint density at radius 2 is 2.10 bits per heavy atom. The van der Waals surface area contributed by atoms with Crippen molar-refractivity contribution in [2.24, 2.45) is 7.05 Å². The van der Waals surface area contributed by atoms with E-state index in [0.717, 1.165) is 34.7 Å². The average Bonchev–Trinajstić information content (AvgIpc) is 3.38. The molecule has 158 valence electrons. The van der Waals surface area contributed by atoms with E-state index >= 15 is 0 Å². The Balaban J connectivity index is 1.59. The van der Waals surface area contributed by atoms with E-state index in [0.29, 0.717) is 29.1 Å². The second-order valence-electron chi connectivity index (χ2n) is 7.29. The minimum atomic E-state index is -0.331. The van der Waals surface area contributed by atoms with Gasteiger partial charge in [0.2, 0.25) is 0 Å². The van der Waals surface area contributed by atoms with Crippen LogP contribution in [-0.4, -0.2) is 51.1 Å². The van der Waals surface area contributed by atoms with E-state index in [2.05, 4.69) is 15.3 Å². The highest BCUT2D eigenvalue weighted by atomic mass is 32.1. The second-order valence-corrected chi connectivity index (χ2v) is 8.36. The zero-order valence-corrected chi connectivity index (χ0v) is 17.9. The highest BCUT2D eigenvalue weighted by Crippen LogP contribution is 2.39. The first kappa shape index (κ1) is 19.6. The number of H-pyrrole nitrogens is 1. The van der Waals surface area contributed by atoms with Gasteiger partial charge in [-0.25, -0.2) is 10.1 Å². The molecule has 0 fully saturated rings. The first-order chi connectivity index (χ1) is 15.1. The van der Waals surface area contributed by atoms with Crippen LogP contribution in [0.25, 0.3) is 22.0 Å². The predicted molar refractivity (Wildman–Crippen MR) is 118 cm³/mol. The number of fused-ring (bicyclic) bond motifs is 4. The molecule has 9 nitrogen and oxygen atoms in total. The van der Waals surface area contributed by atoms with Crippen molar-refractivity contribution in [1.82, 2.24) is 25.0 Å². The van der Waals surface area contributed by atoms with Crippen LogP contribution in [0.5, 0.6) is 0 Å². The van der Waals surface area contributed by atoms with E-state index in [4.69, 9.17) is 9.72 Å². The number of aromatic nitrogens is 5. The number of anilines is 1. The molecule has 0 bridgehead atoms. The number of thiazole rings is 1. The Hall–Kier alpha value is -3.37. The van der Waals surface area contributed by atoms with Crippen molar-refractivity contribution in [3.8, 4) is 11.3 Å². The summed E-state index contributed by atoms with van der Waals surface area (Å²) >= 11 is 1.50. The molecule has 0 radical (unpaired) electrons. The highest BCUT2D eigenvalue weighted by Gasteiger charge is 2.29. The number of carbonyl (C=O) groups excluding carboxylic acids is 1. The highest BCUT2D eigenvalue weighted by molar-refractivity contribution is 7.16. The van der Waals surface area contributed by atoms with Gasteiger partial charge in [-0.3, -0.25) is 19.2 Å². The van der Waals surface area contributed by atoms with E-state index in [1.807, 2.05) is 17.9 Å². The Labute approximate surface area is 181 Å². The van der Waals surface area contributed by atoms with Crippen LogP contribution in [0.15, 0.2) is 35.3 Å². The fourth-order valence-electron chi connectivity index (χ4n) is 3.90. The molecule has 1 N–H and O–H groups in total. The summed E-state index contributed by atoms with van der Waals surface area (Å²) in [5, 5.41) is 12.4. The molecule has 1 amide bonds. The van der Waals surface area contributed by atoms with E-state index in [-0.39, 0.29) is 17.2 Å². The molecule has 0 unspecified atom stereocenters. The molecule has 1 aliphatic carbocycles. The molecule has 31 heavy (non-hydrogen) atoms. The lowest BCUT2D eigenvalue weighted by Gasteiger charge is -2.19. The first-order valence-corrected chi connectivity index (χ1v) is 10.7. The van der Waals surface area contributed by atoms with Crippen LogP contribution in [0, 0.1) is 0 Å². The molecule has 3 heterocycles. The van der Waals surface area contributed by atoms with Crippen LogP contribution in [0.3, 0.4) is 0 Å². The third-order valence-corrected chi connectivity index (χ3v) is 6.62. The van der Waals surface area contributed by atoms with Gasteiger partial charge in [0.05, 0.1) is 30.4 Å². The molecule has 5 rings (SSSR count). The summed E-state index contributed by atoms with van der Waals surface area (Å²) in [7, 11) is 3.52. The number of ether oxygens (including phenoxy) is 1. The van der Waals surface area contributed by atoms with Crippen molar-refractivity contribution >= 4 is 33.1 Å². The lowest BCUT2D eigenvalue weighted by atomic mass is 10.0. The quantitative estimate of drug-likeness (QED) is 0.514. The molecule has 1 aliphatic rings. The summed E-state index contributed by atoms with van der Waals surface area (Å²) in [6.07, 6.45) is 3.57. The maximum absolute atomic E-state index is 13.6. The fourth-order valence-corrected chi connectivity index (χ4v) is 4.99. The summed E-state index contributed by atoms with van der Waals surface area (Å²) in [6, 6.07) is 6.95. The van der Waals surface area contributed by atoms with Crippen molar-refractivity contribution in [3.63, 3.8) is 0 Å². The SMILES string of the molecule is COCCN(C(=O)c1n[nH]c(=O)c2ccccc12)c1nc2c(s1)CCc1c-2cnn1C. The van der Waals surface area contributed by atoms with Gasteiger partial charge in [-0.05, 0) is 18.9 Å². The zero-order chi connectivity index (χ0) is 21.5. The molecule has 4 aromatic rings. The summed E-state index contributed by atoms with van der Waals surface area (Å²) in [5.41, 5.74) is 2.89.